The van der Waals surface area contributed by atoms with E-state index in [1.54, 1.807) is 19.1 Å². The number of rotatable bonds is 4. The first kappa shape index (κ1) is 17.6. The fourth-order valence-corrected chi connectivity index (χ4v) is 4.51. The van der Waals surface area contributed by atoms with E-state index in [2.05, 4.69) is 15.4 Å². The van der Waals surface area contributed by atoms with Crippen LogP contribution in [0.15, 0.2) is 30.3 Å². The van der Waals surface area contributed by atoms with E-state index in [9.17, 15) is 14.9 Å². The van der Waals surface area contributed by atoms with E-state index < -0.39 is 10.8 Å². The highest BCUT2D eigenvalue weighted by Gasteiger charge is 2.21. The van der Waals surface area contributed by atoms with E-state index in [0.29, 0.717) is 28.1 Å². The number of aromatic nitrogens is 3. The molecule has 0 spiro atoms. The zero-order valence-electron chi connectivity index (χ0n) is 14.7. The van der Waals surface area contributed by atoms with Crippen LogP contribution in [0.3, 0.4) is 0 Å². The van der Waals surface area contributed by atoms with Gasteiger partial charge in [0, 0.05) is 24.3 Å². The number of hydrogen-bond donors (Lipinski definition) is 1. The predicted octanol–water partition coefficient (Wildman–Crippen LogP) is 3.74. The third-order valence-corrected chi connectivity index (χ3v) is 6.15. The third kappa shape index (κ3) is 3.07. The van der Waals surface area contributed by atoms with Crippen molar-refractivity contribution in [2.75, 3.05) is 12.1 Å². The van der Waals surface area contributed by atoms with Crippen LogP contribution in [0.1, 0.15) is 15.4 Å². The van der Waals surface area contributed by atoms with Gasteiger partial charge in [-0.2, -0.15) is 9.78 Å². The van der Waals surface area contributed by atoms with Gasteiger partial charge in [-0.1, -0.05) is 22.7 Å². The number of thiophene rings is 1. The van der Waals surface area contributed by atoms with Gasteiger partial charge in [0.15, 0.2) is 11.5 Å². The highest BCUT2D eigenvalue weighted by atomic mass is 32.1. The van der Waals surface area contributed by atoms with Crippen molar-refractivity contribution in [1.82, 2.24) is 14.8 Å². The molecule has 0 atom stereocenters. The average molecular weight is 429 g/mol. The number of fused-ring (bicyclic) bond motifs is 2. The molecule has 0 radical (unpaired) electrons. The summed E-state index contributed by atoms with van der Waals surface area (Å²) < 4.78 is 13.2. The maximum Gasteiger partial charge on any atom is 0.324 e. The van der Waals surface area contributed by atoms with Gasteiger partial charge >= 0.3 is 5.00 Å². The molecule has 10 nitrogen and oxygen atoms in total. The van der Waals surface area contributed by atoms with Gasteiger partial charge in [-0.05, 0) is 13.0 Å². The van der Waals surface area contributed by atoms with Crippen molar-refractivity contribution in [3.63, 3.8) is 0 Å². The summed E-state index contributed by atoms with van der Waals surface area (Å²) in [7, 11) is 0. The molecule has 0 saturated heterocycles. The predicted molar refractivity (Wildman–Crippen MR) is 107 cm³/mol. The molecule has 0 unspecified atom stereocenters. The molecule has 1 aromatic carbocycles. The molecular formula is C17H11N5O5S2. The van der Waals surface area contributed by atoms with Gasteiger partial charge in [0.1, 0.15) is 5.82 Å². The van der Waals surface area contributed by atoms with Gasteiger partial charge in [-0.3, -0.25) is 14.9 Å². The Morgan fingerprint density at radius 1 is 1.24 bits per heavy atom. The number of carbonyl (C=O) groups excluding carboxylic acids is 1. The number of hydrogen-bond acceptors (Lipinski definition) is 9. The highest BCUT2D eigenvalue weighted by molar-refractivity contribution is 7.20. The monoisotopic (exact) mass is 429 g/mol. The Morgan fingerprint density at radius 2 is 2.03 bits per heavy atom. The van der Waals surface area contributed by atoms with Crippen LogP contribution in [0.5, 0.6) is 11.5 Å². The maximum absolute atomic E-state index is 12.5. The number of carbonyl (C=O) groups is 1. The Balaban J connectivity index is 1.48. The normalized spacial score (nSPS) is 12.4. The standard InChI is InChI=1S/C17H11N5O5S2/c1-8-4-14(19-16(23)12-2-3-15(28-12)22(24)25)21(20-8)17-18-9-5-10-11(27-7-26-10)6-13(9)29-17/h2-6H,7H2,1H3,(H,19,23). The minimum atomic E-state index is -0.526. The van der Waals surface area contributed by atoms with E-state index in [1.165, 1.54) is 28.2 Å². The van der Waals surface area contributed by atoms with E-state index in [4.69, 9.17) is 9.47 Å². The van der Waals surface area contributed by atoms with Crippen LogP contribution in [0.2, 0.25) is 0 Å². The summed E-state index contributed by atoms with van der Waals surface area (Å²) >= 11 is 2.20. The first-order valence-electron chi connectivity index (χ1n) is 8.31. The fourth-order valence-electron chi connectivity index (χ4n) is 2.86. The van der Waals surface area contributed by atoms with Crippen molar-refractivity contribution in [1.29, 1.82) is 0 Å². The third-order valence-electron chi connectivity index (χ3n) is 4.12. The van der Waals surface area contributed by atoms with Crippen LogP contribution in [0, 0.1) is 17.0 Å². The van der Waals surface area contributed by atoms with Crippen molar-refractivity contribution in [3.8, 4) is 16.6 Å². The molecule has 29 heavy (non-hydrogen) atoms. The quantitative estimate of drug-likeness (QED) is 0.387. The molecule has 4 aromatic rings. The summed E-state index contributed by atoms with van der Waals surface area (Å²) in [5.74, 6) is 1.27. The zero-order chi connectivity index (χ0) is 20.1. The van der Waals surface area contributed by atoms with Crippen molar-refractivity contribution >= 4 is 49.6 Å². The lowest BCUT2D eigenvalue weighted by molar-refractivity contribution is -0.380. The zero-order valence-corrected chi connectivity index (χ0v) is 16.4. The second kappa shape index (κ2) is 6.53. The summed E-state index contributed by atoms with van der Waals surface area (Å²) in [5.41, 5.74) is 1.42. The van der Waals surface area contributed by atoms with Gasteiger partial charge in [0.25, 0.3) is 5.91 Å². The van der Waals surface area contributed by atoms with E-state index in [-0.39, 0.29) is 16.7 Å². The summed E-state index contributed by atoms with van der Waals surface area (Å²) in [4.78, 5) is 27.7. The number of ether oxygens (including phenoxy) is 2. The molecule has 0 aliphatic carbocycles. The average Bonchev–Trinajstić information content (AvgIpc) is 3.44. The number of aryl methyl sites for hydroxylation is 1. The van der Waals surface area contributed by atoms with Crippen molar-refractivity contribution in [2.24, 2.45) is 0 Å². The molecule has 1 aliphatic heterocycles. The van der Waals surface area contributed by atoms with Crippen LogP contribution in [0.25, 0.3) is 15.3 Å². The molecule has 0 bridgehead atoms. The number of nitro groups is 1. The second-order valence-corrected chi connectivity index (χ2v) is 8.17. The van der Waals surface area contributed by atoms with Gasteiger partial charge in [0.2, 0.25) is 11.9 Å². The number of thiazole rings is 1. The summed E-state index contributed by atoms with van der Waals surface area (Å²) in [6, 6.07) is 8.09. The van der Waals surface area contributed by atoms with Crippen molar-refractivity contribution in [2.45, 2.75) is 6.92 Å². The van der Waals surface area contributed by atoms with Gasteiger partial charge in [-0.25, -0.2) is 4.98 Å². The molecular weight excluding hydrogens is 418 g/mol. The first-order valence-corrected chi connectivity index (χ1v) is 9.94. The molecule has 3 aromatic heterocycles. The lowest BCUT2D eigenvalue weighted by Gasteiger charge is -2.04. The maximum atomic E-state index is 12.5. The first-order chi connectivity index (χ1) is 14.0. The molecule has 4 heterocycles. The Bertz CT molecular complexity index is 1250. The lowest BCUT2D eigenvalue weighted by atomic mass is 10.3. The Morgan fingerprint density at radius 3 is 2.79 bits per heavy atom. The molecule has 146 valence electrons. The van der Waals surface area contributed by atoms with Gasteiger partial charge in [-0.15, -0.1) is 0 Å². The molecule has 1 N–H and O–H groups in total. The van der Waals surface area contributed by atoms with Gasteiger partial charge < -0.3 is 14.8 Å². The topological polar surface area (TPSA) is 121 Å². The lowest BCUT2D eigenvalue weighted by Crippen LogP contribution is -2.13. The van der Waals surface area contributed by atoms with Crippen LogP contribution in [0.4, 0.5) is 10.8 Å². The number of benzene rings is 1. The van der Waals surface area contributed by atoms with Gasteiger partial charge in [0.05, 0.1) is 25.7 Å². The van der Waals surface area contributed by atoms with Crippen LogP contribution in [-0.4, -0.2) is 32.4 Å². The minimum Gasteiger partial charge on any atom is -0.454 e. The van der Waals surface area contributed by atoms with Crippen LogP contribution < -0.4 is 14.8 Å². The van der Waals surface area contributed by atoms with Crippen molar-refractivity contribution in [3.05, 3.63) is 51.0 Å². The largest absolute Gasteiger partial charge is 0.454 e. The van der Waals surface area contributed by atoms with E-state index in [1.807, 2.05) is 6.07 Å². The van der Waals surface area contributed by atoms with Crippen LogP contribution >= 0.6 is 22.7 Å². The smallest absolute Gasteiger partial charge is 0.324 e. The SMILES string of the molecule is Cc1cc(NC(=O)c2ccc([N+](=O)[O-])s2)n(-c2nc3cc4c(cc3s2)OCO4)n1. The molecule has 0 fully saturated rings. The fraction of sp³-hybridized carbons (Fsp3) is 0.118. The minimum absolute atomic E-state index is 0.0940. The second-order valence-electron chi connectivity index (χ2n) is 6.10. The Hall–Kier alpha value is -3.51. The number of nitrogens with zero attached hydrogens (tertiary/aromatic N) is 4. The molecule has 1 amide bonds. The molecule has 12 heteroatoms. The van der Waals surface area contributed by atoms with E-state index >= 15 is 0 Å². The number of amides is 1. The van der Waals surface area contributed by atoms with E-state index in [0.717, 1.165) is 21.6 Å². The summed E-state index contributed by atoms with van der Waals surface area (Å²) in [6.07, 6.45) is 0. The number of anilines is 1. The highest BCUT2D eigenvalue weighted by Crippen LogP contribution is 2.39. The molecule has 0 saturated carbocycles. The Kier molecular flexibility index (Phi) is 3.96. The van der Waals surface area contributed by atoms with Crippen molar-refractivity contribution < 1.29 is 19.2 Å². The molecule has 1 aliphatic rings. The summed E-state index contributed by atoms with van der Waals surface area (Å²) in [6.45, 7) is 1.99. The number of nitrogens with one attached hydrogen (secondary N) is 1. The molecule has 5 rings (SSSR count). The van der Waals surface area contributed by atoms with Crippen LogP contribution in [-0.2, 0) is 0 Å². The summed E-state index contributed by atoms with van der Waals surface area (Å²) in [5, 5.41) is 18.5. The Labute approximate surface area is 170 Å².